The quantitative estimate of drug-likeness (QED) is 0.634. The summed E-state index contributed by atoms with van der Waals surface area (Å²) in [6.45, 7) is 1.69. The molecule has 12 heteroatoms. The fourth-order valence-corrected chi connectivity index (χ4v) is 4.53. The van der Waals surface area contributed by atoms with Crippen LogP contribution in [0.2, 0.25) is 0 Å². The Kier molecular flexibility index (Phi) is 5.82. The highest BCUT2D eigenvalue weighted by atomic mass is 32.1. The van der Waals surface area contributed by atoms with E-state index in [0.717, 1.165) is 22.2 Å². The van der Waals surface area contributed by atoms with Crippen molar-refractivity contribution < 1.29 is 22.8 Å². The fourth-order valence-electron chi connectivity index (χ4n) is 3.46. The van der Waals surface area contributed by atoms with Crippen LogP contribution in [0.3, 0.4) is 0 Å². The van der Waals surface area contributed by atoms with E-state index in [0.29, 0.717) is 31.7 Å². The summed E-state index contributed by atoms with van der Waals surface area (Å²) in [6, 6.07) is 7.02. The van der Waals surface area contributed by atoms with E-state index in [-0.39, 0.29) is 5.01 Å². The molecule has 2 aromatic heterocycles. The summed E-state index contributed by atoms with van der Waals surface area (Å²) in [6.07, 6.45) is -4.10. The Balaban J connectivity index is 1.75. The molecule has 2 amide bonds. The summed E-state index contributed by atoms with van der Waals surface area (Å²) in [7, 11) is 1.87. The van der Waals surface area contributed by atoms with Gasteiger partial charge in [-0.3, -0.25) is 9.59 Å². The number of piperazine rings is 1. The maximum Gasteiger partial charge on any atom is 0.434 e. The summed E-state index contributed by atoms with van der Waals surface area (Å²) < 4.78 is 42.3. The van der Waals surface area contributed by atoms with Crippen LogP contribution in [0, 0.1) is 0 Å². The van der Waals surface area contributed by atoms with Crippen molar-refractivity contribution in [3.63, 3.8) is 0 Å². The highest BCUT2D eigenvalue weighted by molar-refractivity contribution is 7.18. The highest BCUT2D eigenvalue weighted by Gasteiger charge is 2.40. The van der Waals surface area contributed by atoms with Gasteiger partial charge in [0.2, 0.25) is 5.91 Å². The van der Waals surface area contributed by atoms with Crippen LogP contribution in [-0.4, -0.2) is 69.8 Å². The van der Waals surface area contributed by atoms with E-state index in [1.165, 1.54) is 4.90 Å². The number of hydrogen-bond donors (Lipinski definition) is 1. The maximum absolute atomic E-state index is 13.9. The van der Waals surface area contributed by atoms with E-state index < -0.39 is 41.0 Å². The Labute approximate surface area is 184 Å². The molecule has 1 saturated heterocycles. The first-order valence-electron chi connectivity index (χ1n) is 9.72. The average molecular weight is 464 g/mol. The van der Waals surface area contributed by atoms with Gasteiger partial charge in [0.15, 0.2) is 5.69 Å². The molecular formula is C20H19F3N6O2S. The molecule has 1 aliphatic rings. The second kappa shape index (κ2) is 8.43. The molecule has 0 spiro atoms. The third-order valence-electron chi connectivity index (χ3n) is 5.20. The number of halogens is 3. The Bertz CT molecular complexity index is 1140. The molecule has 1 fully saturated rings. The largest absolute Gasteiger partial charge is 0.434 e. The first-order valence-corrected chi connectivity index (χ1v) is 10.5. The molecule has 1 unspecified atom stereocenters. The number of thiazole rings is 1. The molecular weight excluding hydrogens is 445 g/mol. The molecule has 0 aliphatic carbocycles. The highest BCUT2D eigenvalue weighted by Crippen LogP contribution is 2.34. The lowest BCUT2D eigenvalue weighted by Crippen LogP contribution is -2.47. The van der Waals surface area contributed by atoms with Crippen molar-refractivity contribution in [2.75, 3.05) is 33.2 Å². The van der Waals surface area contributed by atoms with Crippen LogP contribution in [0.5, 0.6) is 0 Å². The van der Waals surface area contributed by atoms with Gasteiger partial charge in [-0.1, -0.05) is 12.1 Å². The summed E-state index contributed by atoms with van der Waals surface area (Å²) in [4.78, 5) is 40.2. The normalized spacial score (nSPS) is 16.3. The van der Waals surface area contributed by atoms with E-state index in [1.54, 1.807) is 24.3 Å². The molecule has 3 heterocycles. The molecule has 3 aromatic rings. The monoisotopic (exact) mass is 464 g/mol. The van der Waals surface area contributed by atoms with Gasteiger partial charge in [0.25, 0.3) is 5.91 Å². The molecule has 1 aromatic carbocycles. The van der Waals surface area contributed by atoms with E-state index >= 15 is 0 Å². The number of para-hydroxylation sites is 1. The zero-order valence-electron chi connectivity index (χ0n) is 17.0. The number of aromatic nitrogens is 3. The van der Waals surface area contributed by atoms with Gasteiger partial charge in [-0.15, -0.1) is 11.3 Å². The molecule has 32 heavy (non-hydrogen) atoms. The number of fused-ring (bicyclic) bond motifs is 1. The number of hydrogen-bond acceptors (Lipinski definition) is 7. The molecule has 1 atom stereocenters. The molecule has 168 valence electrons. The number of amides is 2. The number of benzene rings is 1. The summed E-state index contributed by atoms with van der Waals surface area (Å²) in [5, 5.41) is 0.185. The van der Waals surface area contributed by atoms with Gasteiger partial charge >= 0.3 is 6.18 Å². The van der Waals surface area contributed by atoms with E-state index in [1.807, 2.05) is 11.9 Å². The number of nitrogens with two attached hydrogens (primary N) is 1. The standard InChI is InChI=1S/C20H19F3N6O2S/c1-28-6-8-29(9-7-28)19(31)11-10-25-17(27-15(11)20(21,22)23)14(16(24)30)18-26-12-4-2-3-5-13(12)32-18/h2-5,10,14H,6-9H2,1H3,(H2,24,30). The van der Waals surface area contributed by atoms with Gasteiger partial charge in [-0.25, -0.2) is 15.0 Å². The second-order valence-electron chi connectivity index (χ2n) is 7.44. The zero-order chi connectivity index (χ0) is 23.0. The van der Waals surface area contributed by atoms with Gasteiger partial charge in [-0.05, 0) is 19.2 Å². The average Bonchev–Trinajstić information content (AvgIpc) is 3.16. The van der Waals surface area contributed by atoms with Crippen molar-refractivity contribution >= 4 is 33.4 Å². The predicted molar refractivity (Wildman–Crippen MR) is 111 cm³/mol. The van der Waals surface area contributed by atoms with Crippen LogP contribution < -0.4 is 5.73 Å². The van der Waals surface area contributed by atoms with Gasteiger partial charge in [0, 0.05) is 32.4 Å². The minimum absolute atomic E-state index is 0.185. The Hall–Kier alpha value is -3.12. The van der Waals surface area contributed by atoms with Crippen LogP contribution in [0.15, 0.2) is 30.5 Å². The molecule has 1 aliphatic heterocycles. The van der Waals surface area contributed by atoms with E-state index in [9.17, 15) is 22.8 Å². The molecule has 0 radical (unpaired) electrons. The lowest BCUT2D eigenvalue weighted by atomic mass is 10.1. The zero-order valence-corrected chi connectivity index (χ0v) is 17.8. The first-order chi connectivity index (χ1) is 15.1. The lowest BCUT2D eigenvalue weighted by molar-refractivity contribution is -0.142. The van der Waals surface area contributed by atoms with Crippen LogP contribution in [0.25, 0.3) is 10.2 Å². The van der Waals surface area contributed by atoms with E-state index in [4.69, 9.17) is 5.73 Å². The topological polar surface area (TPSA) is 105 Å². The first kappa shape index (κ1) is 22.1. The third-order valence-corrected chi connectivity index (χ3v) is 6.30. The number of likely N-dealkylation sites (N-methyl/N-ethyl adjacent to an activating group) is 1. The van der Waals surface area contributed by atoms with Crippen LogP contribution in [0.1, 0.15) is 32.8 Å². The van der Waals surface area contributed by atoms with Crippen molar-refractivity contribution in [2.45, 2.75) is 12.1 Å². The number of carbonyl (C=O) groups is 2. The number of alkyl halides is 3. The lowest BCUT2D eigenvalue weighted by Gasteiger charge is -2.32. The minimum atomic E-state index is -4.93. The smallest absolute Gasteiger partial charge is 0.369 e. The minimum Gasteiger partial charge on any atom is -0.369 e. The van der Waals surface area contributed by atoms with Crippen molar-refractivity contribution in [1.29, 1.82) is 0 Å². The van der Waals surface area contributed by atoms with Crippen molar-refractivity contribution in [3.8, 4) is 0 Å². The van der Waals surface area contributed by atoms with Crippen molar-refractivity contribution in [2.24, 2.45) is 5.73 Å². The van der Waals surface area contributed by atoms with Crippen LogP contribution >= 0.6 is 11.3 Å². The molecule has 0 saturated carbocycles. The molecule has 8 nitrogen and oxygen atoms in total. The van der Waals surface area contributed by atoms with Crippen molar-refractivity contribution in [1.82, 2.24) is 24.8 Å². The Morgan fingerprint density at radius 3 is 2.44 bits per heavy atom. The number of rotatable bonds is 4. The number of carbonyl (C=O) groups excluding carboxylic acids is 2. The van der Waals surface area contributed by atoms with Gasteiger partial charge in [0.1, 0.15) is 16.7 Å². The van der Waals surface area contributed by atoms with Crippen LogP contribution in [-0.2, 0) is 11.0 Å². The van der Waals surface area contributed by atoms with Gasteiger partial charge in [0.05, 0.1) is 15.8 Å². The SMILES string of the molecule is CN1CCN(C(=O)c2cnc(C(C(N)=O)c3nc4ccccc4s3)nc2C(F)(F)F)CC1. The third kappa shape index (κ3) is 4.28. The fraction of sp³-hybridized carbons (Fsp3) is 0.350. The van der Waals surface area contributed by atoms with Gasteiger partial charge < -0.3 is 15.5 Å². The summed E-state index contributed by atoms with van der Waals surface area (Å²) in [5.41, 5.74) is 4.03. The van der Waals surface area contributed by atoms with Gasteiger partial charge in [-0.2, -0.15) is 13.2 Å². The Morgan fingerprint density at radius 2 is 1.81 bits per heavy atom. The predicted octanol–water partition coefficient (Wildman–Crippen LogP) is 2.11. The second-order valence-corrected chi connectivity index (χ2v) is 8.50. The number of primary amides is 1. The number of nitrogens with zero attached hydrogens (tertiary/aromatic N) is 5. The van der Waals surface area contributed by atoms with Crippen LogP contribution in [0.4, 0.5) is 13.2 Å². The summed E-state index contributed by atoms with van der Waals surface area (Å²) >= 11 is 1.12. The summed E-state index contributed by atoms with van der Waals surface area (Å²) in [5.74, 6) is -3.55. The Morgan fingerprint density at radius 1 is 1.12 bits per heavy atom. The van der Waals surface area contributed by atoms with E-state index in [2.05, 4.69) is 15.0 Å². The molecule has 0 bridgehead atoms. The van der Waals surface area contributed by atoms with Crippen molar-refractivity contribution in [3.05, 3.63) is 52.6 Å². The molecule has 2 N–H and O–H groups in total. The maximum atomic E-state index is 13.9. The molecule has 4 rings (SSSR count).